The van der Waals surface area contributed by atoms with Gasteiger partial charge >= 0.3 is 5.97 Å². The van der Waals surface area contributed by atoms with Gasteiger partial charge in [0.1, 0.15) is 0 Å². The second kappa shape index (κ2) is 7.95. The standard InChI is InChI=1S/C12H19NO3S/c1-5-7-10(13)17-11(9(4)14)8(3)12(15)16-6-2/h7H,5-6,13H2,1-4H3/b10-7+,11-8+. The second-order valence-electron chi connectivity index (χ2n) is 3.35. The molecule has 0 unspecified atom stereocenters. The van der Waals surface area contributed by atoms with Crippen molar-refractivity contribution in [2.45, 2.75) is 34.1 Å². The van der Waals surface area contributed by atoms with Gasteiger partial charge in [0.2, 0.25) is 0 Å². The van der Waals surface area contributed by atoms with Crippen LogP contribution in [0.4, 0.5) is 0 Å². The number of thioether (sulfide) groups is 1. The van der Waals surface area contributed by atoms with Gasteiger partial charge in [-0.2, -0.15) is 0 Å². The Labute approximate surface area is 106 Å². The van der Waals surface area contributed by atoms with E-state index in [2.05, 4.69) is 0 Å². The molecule has 5 heteroatoms. The van der Waals surface area contributed by atoms with Gasteiger partial charge in [0.05, 0.1) is 22.1 Å². The zero-order chi connectivity index (χ0) is 13.4. The van der Waals surface area contributed by atoms with Crippen molar-refractivity contribution in [2.75, 3.05) is 6.61 Å². The van der Waals surface area contributed by atoms with Crippen molar-refractivity contribution < 1.29 is 14.3 Å². The lowest BCUT2D eigenvalue weighted by atomic mass is 10.2. The fourth-order valence-electron chi connectivity index (χ4n) is 1.11. The number of ether oxygens (including phenoxy) is 1. The molecule has 0 bridgehead atoms. The zero-order valence-corrected chi connectivity index (χ0v) is 11.5. The molecule has 0 heterocycles. The highest BCUT2D eigenvalue weighted by molar-refractivity contribution is 8.07. The Hall–Kier alpha value is -1.23. The summed E-state index contributed by atoms with van der Waals surface area (Å²) in [5.74, 6) is -0.664. The summed E-state index contributed by atoms with van der Waals surface area (Å²) in [6.07, 6.45) is 2.58. The molecule has 0 aromatic carbocycles. The summed E-state index contributed by atoms with van der Waals surface area (Å²) in [6.45, 7) is 6.93. The monoisotopic (exact) mass is 257 g/mol. The number of carbonyl (C=O) groups is 2. The fourth-order valence-corrected chi connectivity index (χ4v) is 1.97. The molecular formula is C12H19NO3S. The third-order valence-electron chi connectivity index (χ3n) is 1.87. The van der Waals surface area contributed by atoms with E-state index < -0.39 is 5.97 Å². The van der Waals surface area contributed by atoms with Crippen LogP contribution in [0.1, 0.15) is 34.1 Å². The van der Waals surface area contributed by atoms with E-state index in [0.29, 0.717) is 15.5 Å². The second-order valence-corrected chi connectivity index (χ2v) is 4.43. The van der Waals surface area contributed by atoms with Crippen molar-refractivity contribution in [1.82, 2.24) is 0 Å². The normalized spacial score (nSPS) is 13.1. The van der Waals surface area contributed by atoms with E-state index in [1.807, 2.05) is 6.92 Å². The number of allylic oxidation sites excluding steroid dienone is 2. The zero-order valence-electron chi connectivity index (χ0n) is 10.7. The summed E-state index contributed by atoms with van der Waals surface area (Å²) in [6, 6.07) is 0. The van der Waals surface area contributed by atoms with Gasteiger partial charge in [-0.15, -0.1) is 0 Å². The van der Waals surface area contributed by atoms with E-state index in [9.17, 15) is 9.59 Å². The first-order chi connectivity index (χ1) is 7.93. The number of hydrogen-bond acceptors (Lipinski definition) is 5. The Balaban J connectivity index is 5.08. The molecule has 0 radical (unpaired) electrons. The van der Waals surface area contributed by atoms with Crippen molar-refractivity contribution in [3.8, 4) is 0 Å². The van der Waals surface area contributed by atoms with Crippen LogP contribution in [0, 0.1) is 0 Å². The van der Waals surface area contributed by atoms with Crippen LogP contribution in [0.25, 0.3) is 0 Å². The predicted molar refractivity (Wildman–Crippen MR) is 70.2 cm³/mol. The number of esters is 1. The Morgan fingerprint density at radius 1 is 1.29 bits per heavy atom. The molecule has 96 valence electrons. The summed E-state index contributed by atoms with van der Waals surface area (Å²) in [7, 11) is 0. The van der Waals surface area contributed by atoms with Crippen LogP contribution in [0.15, 0.2) is 21.6 Å². The fraction of sp³-hybridized carbons (Fsp3) is 0.500. The van der Waals surface area contributed by atoms with Crippen LogP contribution in [0.5, 0.6) is 0 Å². The van der Waals surface area contributed by atoms with Gasteiger partial charge in [-0.3, -0.25) is 4.79 Å². The molecule has 4 nitrogen and oxygen atoms in total. The van der Waals surface area contributed by atoms with E-state index in [1.165, 1.54) is 6.92 Å². The van der Waals surface area contributed by atoms with Gasteiger partial charge in [-0.25, -0.2) is 4.79 Å². The third-order valence-corrected chi connectivity index (χ3v) is 3.07. The van der Waals surface area contributed by atoms with Gasteiger partial charge in [0.25, 0.3) is 0 Å². The van der Waals surface area contributed by atoms with Crippen LogP contribution in [0.2, 0.25) is 0 Å². The number of hydrogen-bond donors (Lipinski definition) is 1. The van der Waals surface area contributed by atoms with Gasteiger partial charge in [0.15, 0.2) is 5.78 Å². The lowest BCUT2D eigenvalue weighted by Crippen LogP contribution is -2.10. The maximum absolute atomic E-state index is 11.5. The van der Waals surface area contributed by atoms with Crippen LogP contribution < -0.4 is 5.73 Å². The molecule has 0 aliphatic heterocycles. The highest BCUT2D eigenvalue weighted by atomic mass is 32.2. The van der Waals surface area contributed by atoms with Crippen molar-refractivity contribution in [1.29, 1.82) is 0 Å². The highest BCUT2D eigenvalue weighted by Gasteiger charge is 2.16. The number of Topliss-reactive ketones (excluding diaryl/α,β-unsaturated/α-hetero) is 1. The van der Waals surface area contributed by atoms with Crippen molar-refractivity contribution in [3.63, 3.8) is 0 Å². The number of carbonyl (C=O) groups excluding carboxylic acids is 2. The lowest BCUT2D eigenvalue weighted by molar-refractivity contribution is -0.138. The average Bonchev–Trinajstić information content (AvgIpc) is 2.25. The van der Waals surface area contributed by atoms with E-state index in [-0.39, 0.29) is 12.4 Å². The molecule has 0 atom stereocenters. The average molecular weight is 257 g/mol. The topological polar surface area (TPSA) is 69.4 Å². The predicted octanol–water partition coefficient (Wildman–Crippen LogP) is 2.36. The van der Waals surface area contributed by atoms with Crippen LogP contribution >= 0.6 is 11.8 Å². The SMILES string of the molecule is CC/C=C(\N)S/C(C(C)=O)=C(\C)C(=O)OCC. The largest absolute Gasteiger partial charge is 0.463 e. The molecule has 2 N–H and O–H groups in total. The molecule has 0 fully saturated rings. The quantitative estimate of drug-likeness (QED) is 0.584. The molecule has 0 spiro atoms. The molecule has 0 saturated carbocycles. The van der Waals surface area contributed by atoms with Gasteiger partial charge < -0.3 is 10.5 Å². The molecule has 0 aromatic rings. The first-order valence-corrected chi connectivity index (χ1v) is 6.28. The molecule has 0 rings (SSSR count). The minimum absolute atomic E-state index is 0.187. The van der Waals surface area contributed by atoms with E-state index >= 15 is 0 Å². The number of rotatable bonds is 6. The summed E-state index contributed by atoms with van der Waals surface area (Å²) in [5, 5.41) is 0.515. The summed E-state index contributed by atoms with van der Waals surface area (Å²) in [5.41, 5.74) is 6.02. The Kier molecular flexibility index (Phi) is 7.37. The summed E-state index contributed by atoms with van der Waals surface area (Å²) in [4.78, 5) is 23.3. The summed E-state index contributed by atoms with van der Waals surface area (Å²) < 4.78 is 4.85. The minimum Gasteiger partial charge on any atom is -0.463 e. The van der Waals surface area contributed by atoms with Gasteiger partial charge in [-0.05, 0) is 27.2 Å². The van der Waals surface area contributed by atoms with Crippen molar-refractivity contribution in [2.24, 2.45) is 5.73 Å². The van der Waals surface area contributed by atoms with Gasteiger partial charge in [0, 0.05) is 0 Å². The molecule has 0 saturated heterocycles. The summed E-state index contributed by atoms with van der Waals surface area (Å²) >= 11 is 1.11. The maximum atomic E-state index is 11.5. The molecule has 0 amide bonds. The molecule has 0 aromatic heterocycles. The van der Waals surface area contributed by atoms with Crippen LogP contribution in [-0.4, -0.2) is 18.4 Å². The van der Waals surface area contributed by atoms with Crippen molar-refractivity contribution >= 4 is 23.5 Å². The first-order valence-electron chi connectivity index (χ1n) is 5.46. The van der Waals surface area contributed by atoms with E-state index in [4.69, 9.17) is 10.5 Å². The Morgan fingerprint density at radius 3 is 2.29 bits per heavy atom. The number of nitrogens with two attached hydrogens (primary N) is 1. The molecule has 17 heavy (non-hydrogen) atoms. The third kappa shape index (κ3) is 5.58. The Bertz CT molecular complexity index is 359. The number of ketones is 1. The van der Waals surface area contributed by atoms with Crippen molar-refractivity contribution in [3.05, 3.63) is 21.6 Å². The molecule has 0 aliphatic rings. The van der Waals surface area contributed by atoms with E-state index in [1.54, 1.807) is 19.9 Å². The smallest absolute Gasteiger partial charge is 0.334 e. The Morgan fingerprint density at radius 2 is 1.88 bits per heavy atom. The van der Waals surface area contributed by atoms with E-state index in [0.717, 1.165) is 18.2 Å². The maximum Gasteiger partial charge on any atom is 0.334 e. The van der Waals surface area contributed by atoms with Gasteiger partial charge in [-0.1, -0.05) is 24.8 Å². The first kappa shape index (κ1) is 15.8. The molecular weight excluding hydrogens is 238 g/mol. The highest BCUT2D eigenvalue weighted by Crippen LogP contribution is 2.26. The van der Waals surface area contributed by atoms with Crippen LogP contribution in [-0.2, 0) is 14.3 Å². The van der Waals surface area contributed by atoms with Crippen LogP contribution in [0.3, 0.4) is 0 Å². The minimum atomic E-state index is -0.477. The lowest BCUT2D eigenvalue weighted by Gasteiger charge is -2.08. The molecule has 0 aliphatic carbocycles.